The van der Waals surface area contributed by atoms with Gasteiger partial charge in [-0.25, -0.2) is 0 Å². The van der Waals surface area contributed by atoms with Gasteiger partial charge >= 0.3 is 5.97 Å². The molecule has 0 saturated heterocycles. The average Bonchev–Trinajstić information content (AvgIpc) is 2.71. The minimum Gasteiger partial charge on any atom is -0.466 e. The zero-order valence-electron chi connectivity index (χ0n) is 19.8. The van der Waals surface area contributed by atoms with Crippen LogP contribution in [0.2, 0.25) is 0 Å². The van der Waals surface area contributed by atoms with E-state index in [1.165, 1.54) is 96.8 Å². The standard InChI is InChI=1S/C14H26O2.C12H24O/c1-3-4-5-6-7-8-9-10-11-12-13-16-14(2)15;1-2-3-4-5-6-7-8-9-10-11-12-13/h5-6H,3-4,7-13H2,1-2H3;4-5,13H,2-3,6-12H2,1H3/b6-5+;5-4-. The molecule has 3 heteroatoms. The number of esters is 1. The first-order chi connectivity index (χ1) is 14.2. The van der Waals surface area contributed by atoms with Gasteiger partial charge in [-0.2, -0.15) is 0 Å². The number of aliphatic hydroxyl groups excluding tert-OH is 1. The van der Waals surface area contributed by atoms with Crippen LogP contribution in [0.5, 0.6) is 0 Å². The summed E-state index contributed by atoms with van der Waals surface area (Å²) in [6.07, 6.45) is 28.6. The van der Waals surface area contributed by atoms with E-state index < -0.39 is 0 Å². The molecule has 0 spiro atoms. The molecule has 0 aromatic rings. The third-order valence-corrected chi connectivity index (χ3v) is 4.59. The molecule has 172 valence electrons. The van der Waals surface area contributed by atoms with Gasteiger partial charge in [0.1, 0.15) is 0 Å². The van der Waals surface area contributed by atoms with Crippen LogP contribution in [-0.4, -0.2) is 24.3 Å². The van der Waals surface area contributed by atoms with Crippen molar-refractivity contribution in [1.29, 1.82) is 0 Å². The monoisotopic (exact) mass is 410 g/mol. The Kier molecular flexibility index (Phi) is 30.2. The normalized spacial score (nSPS) is 11.0. The number of allylic oxidation sites excluding steroid dienone is 4. The van der Waals surface area contributed by atoms with Crippen molar-refractivity contribution in [3.8, 4) is 0 Å². The lowest BCUT2D eigenvalue weighted by Crippen LogP contribution is -1.99. The van der Waals surface area contributed by atoms with E-state index in [0.717, 1.165) is 12.8 Å². The lowest BCUT2D eigenvalue weighted by Gasteiger charge is -2.01. The molecule has 0 aromatic heterocycles. The summed E-state index contributed by atoms with van der Waals surface area (Å²) in [4.78, 5) is 10.5. The van der Waals surface area contributed by atoms with E-state index in [0.29, 0.717) is 13.2 Å². The Morgan fingerprint density at radius 1 is 0.655 bits per heavy atom. The van der Waals surface area contributed by atoms with Gasteiger partial charge in [0, 0.05) is 13.5 Å². The van der Waals surface area contributed by atoms with Crippen LogP contribution in [0.1, 0.15) is 124 Å². The Hall–Kier alpha value is -1.09. The van der Waals surface area contributed by atoms with E-state index in [4.69, 9.17) is 9.84 Å². The summed E-state index contributed by atoms with van der Waals surface area (Å²) in [7, 11) is 0. The van der Waals surface area contributed by atoms with Gasteiger partial charge < -0.3 is 9.84 Å². The van der Waals surface area contributed by atoms with Crippen LogP contribution in [0.15, 0.2) is 24.3 Å². The second-order valence-electron chi connectivity index (χ2n) is 7.70. The molecule has 0 bridgehead atoms. The number of hydrogen-bond donors (Lipinski definition) is 1. The van der Waals surface area contributed by atoms with Crippen molar-refractivity contribution < 1.29 is 14.6 Å². The summed E-state index contributed by atoms with van der Waals surface area (Å²) in [5.41, 5.74) is 0. The Balaban J connectivity index is 0. The zero-order chi connectivity index (χ0) is 21.8. The Bertz CT molecular complexity index is 361. The van der Waals surface area contributed by atoms with Crippen molar-refractivity contribution in [3.05, 3.63) is 24.3 Å². The first-order valence-corrected chi connectivity index (χ1v) is 12.2. The van der Waals surface area contributed by atoms with Crippen LogP contribution in [-0.2, 0) is 9.53 Å². The summed E-state index contributed by atoms with van der Waals surface area (Å²) in [5, 5.41) is 8.55. The fraction of sp³-hybridized carbons (Fsp3) is 0.808. The SMILES string of the molecule is CCC/C=C/CCCCCCCOC(C)=O.CCC/C=C\CCCCCCCO. The second kappa shape index (κ2) is 29.1. The second-order valence-corrected chi connectivity index (χ2v) is 7.70. The molecule has 0 radical (unpaired) electrons. The molecule has 0 fully saturated rings. The molecule has 0 aromatic carbocycles. The van der Waals surface area contributed by atoms with Gasteiger partial charge in [-0.15, -0.1) is 0 Å². The van der Waals surface area contributed by atoms with Gasteiger partial charge in [-0.05, 0) is 51.4 Å². The number of carbonyl (C=O) groups excluding carboxylic acids is 1. The number of ether oxygens (including phenoxy) is 1. The number of aliphatic hydroxyl groups is 1. The van der Waals surface area contributed by atoms with E-state index in [2.05, 4.69) is 38.2 Å². The fourth-order valence-electron chi connectivity index (χ4n) is 2.82. The lowest BCUT2D eigenvalue weighted by molar-refractivity contribution is -0.141. The van der Waals surface area contributed by atoms with Crippen molar-refractivity contribution in [2.24, 2.45) is 0 Å². The van der Waals surface area contributed by atoms with Crippen LogP contribution in [0.25, 0.3) is 0 Å². The highest BCUT2D eigenvalue weighted by Gasteiger charge is 1.93. The van der Waals surface area contributed by atoms with Crippen molar-refractivity contribution in [1.82, 2.24) is 0 Å². The molecular formula is C26H50O3. The molecule has 0 heterocycles. The van der Waals surface area contributed by atoms with Gasteiger partial charge in [0.05, 0.1) is 6.61 Å². The Morgan fingerprint density at radius 2 is 1.07 bits per heavy atom. The van der Waals surface area contributed by atoms with Crippen LogP contribution in [0, 0.1) is 0 Å². The molecule has 29 heavy (non-hydrogen) atoms. The summed E-state index contributed by atoms with van der Waals surface area (Å²) in [5.74, 6) is -0.166. The number of carbonyl (C=O) groups is 1. The smallest absolute Gasteiger partial charge is 0.302 e. The maximum Gasteiger partial charge on any atom is 0.302 e. The van der Waals surface area contributed by atoms with Crippen LogP contribution in [0.4, 0.5) is 0 Å². The van der Waals surface area contributed by atoms with Crippen LogP contribution in [0.3, 0.4) is 0 Å². The maximum absolute atomic E-state index is 10.5. The quantitative estimate of drug-likeness (QED) is 0.134. The molecule has 3 nitrogen and oxygen atoms in total. The summed E-state index contributed by atoms with van der Waals surface area (Å²) < 4.78 is 4.86. The molecule has 0 saturated carbocycles. The van der Waals surface area contributed by atoms with Crippen molar-refractivity contribution >= 4 is 5.97 Å². The third-order valence-electron chi connectivity index (χ3n) is 4.59. The van der Waals surface area contributed by atoms with Crippen molar-refractivity contribution in [2.75, 3.05) is 13.2 Å². The lowest BCUT2D eigenvalue weighted by atomic mass is 10.1. The molecule has 0 aliphatic rings. The molecule has 0 aliphatic carbocycles. The largest absolute Gasteiger partial charge is 0.466 e. The van der Waals surface area contributed by atoms with Gasteiger partial charge in [0.15, 0.2) is 0 Å². The maximum atomic E-state index is 10.5. The zero-order valence-corrected chi connectivity index (χ0v) is 19.8. The fourth-order valence-corrected chi connectivity index (χ4v) is 2.82. The highest BCUT2D eigenvalue weighted by atomic mass is 16.5. The van der Waals surface area contributed by atoms with E-state index in [1.54, 1.807) is 0 Å². The third kappa shape index (κ3) is 34.8. The van der Waals surface area contributed by atoms with E-state index in [1.807, 2.05) is 0 Å². The highest BCUT2D eigenvalue weighted by Crippen LogP contribution is 2.07. The first-order valence-electron chi connectivity index (χ1n) is 12.2. The number of rotatable bonds is 19. The summed E-state index contributed by atoms with van der Waals surface area (Å²) in [6, 6.07) is 0. The number of unbranched alkanes of at least 4 members (excludes halogenated alkanes) is 12. The van der Waals surface area contributed by atoms with E-state index in [-0.39, 0.29) is 5.97 Å². The van der Waals surface area contributed by atoms with Crippen LogP contribution >= 0.6 is 0 Å². The minimum atomic E-state index is -0.166. The molecule has 0 rings (SSSR count). The molecule has 0 amide bonds. The van der Waals surface area contributed by atoms with Gasteiger partial charge in [0.2, 0.25) is 0 Å². The van der Waals surface area contributed by atoms with Crippen molar-refractivity contribution in [3.63, 3.8) is 0 Å². The average molecular weight is 411 g/mol. The van der Waals surface area contributed by atoms with Crippen molar-refractivity contribution in [2.45, 2.75) is 124 Å². The predicted octanol–water partition coefficient (Wildman–Crippen LogP) is 7.92. The minimum absolute atomic E-state index is 0.166. The first kappa shape index (κ1) is 30.1. The van der Waals surface area contributed by atoms with Gasteiger partial charge in [-0.1, -0.05) is 89.5 Å². The molecule has 0 atom stereocenters. The van der Waals surface area contributed by atoms with E-state index in [9.17, 15) is 4.79 Å². The van der Waals surface area contributed by atoms with Gasteiger partial charge in [-0.3, -0.25) is 4.79 Å². The Labute approximate surface area is 182 Å². The van der Waals surface area contributed by atoms with Crippen LogP contribution < -0.4 is 0 Å². The summed E-state index contributed by atoms with van der Waals surface area (Å²) >= 11 is 0. The number of hydrogen-bond acceptors (Lipinski definition) is 3. The molecular weight excluding hydrogens is 360 g/mol. The molecule has 1 N–H and O–H groups in total. The molecule has 0 unspecified atom stereocenters. The van der Waals surface area contributed by atoms with Gasteiger partial charge in [0.25, 0.3) is 0 Å². The predicted molar refractivity (Wildman–Crippen MR) is 127 cm³/mol. The molecule has 0 aliphatic heterocycles. The topological polar surface area (TPSA) is 46.5 Å². The highest BCUT2D eigenvalue weighted by molar-refractivity contribution is 5.65. The Morgan fingerprint density at radius 3 is 1.52 bits per heavy atom. The summed E-state index contributed by atoms with van der Waals surface area (Å²) in [6.45, 7) is 6.82. The van der Waals surface area contributed by atoms with E-state index >= 15 is 0 Å².